The van der Waals surface area contributed by atoms with E-state index in [-0.39, 0.29) is 6.10 Å². The molecule has 96 valence electrons. The number of carbonyl (C=O) groups is 1. The van der Waals surface area contributed by atoms with Gasteiger partial charge in [-0.15, -0.1) is 0 Å². The Bertz CT molecular complexity index is 268. The lowest BCUT2D eigenvalue weighted by atomic mass is 10.3. The Morgan fingerprint density at radius 1 is 1.35 bits per heavy atom. The van der Waals surface area contributed by atoms with Gasteiger partial charge in [-0.25, -0.2) is 0 Å². The Balaban J connectivity index is 0.000000232. The van der Waals surface area contributed by atoms with Crippen LogP contribution in [0.15, 0.2) is 30.3 Å². The second-order valence-electron chi connectivity index (χ2n) is 3.12. The van der Waals surface area contributed by atoms with Gasteiger partial charge in [0, 0.05) is 13.2 Å². The van der Waals surface area contributed by atoms with Crippen LogP contribution in [0.5, 0.6) is 5.75 Å². The van der Waals surface area contributed by atoms with Crippen LogP contribution in [-0.2, 0) is 14.3 Å². The van der Waals surface area contributed by atoms with E-state index in [9.17, 15) is 4.79 Å². The minimum Gasteiger partial charge on any atom is -0.508 e. The fourth-order valence-electron chi connectivity index (χ4n) is 0.766. The summed E-state index contributed by atoms with van der Waals surface area (Å²) in [5, 5.41) is 8.63. The average molecular weight is 240 g/mol. The molecule has 0 aliphatic carbocycles. The Hall–Kier alpha value is -1.39. The van der Waals surface area contributed by atoms with Gasteiger partial charge in [0.1, 0.15) is 11.9 Å². The summed E-state index contributed by atoms with van der Waals surface area (Å²) in [6.45, 7) is 6.31. The largest absolute Gasteiger partial charge is 0.508 e. The molecule has 17 heavy (non-hydrogen) atoms. The Morgan fingerprint density at radius 3 is 2.00 bits per heavy atom. The number of phenols is 1. The van der Waals surface area contributed by atoms with Crippen LogP contribution in [-0.4, -0.2) is 37.3 Å². The molecule has 4 heteroatoms. The van der Waals surface area contributed by atoms with Crippen molar-refractivity contribution in [2.24, 2.45) is 0 Å². The lowest BCUT2D eigenvalue weighted by molar-refractivity contribution is -0.108. The van der Waals surface area contributed by atoms with E-state index in [0.29, 0.717) is 12.4 Å². The minimum absolute atomic E-state index is 0.0463. The lowest BCUT2D eigenvalue weighted by Gasteiger charge is -1.86. The van der Waals surface area contributed by atoms with Gasteiger partial charge >= 0.3 is 0 Å². The van der Waals surface area contributed by atoms with Crippen molar-refractivity contribution in [3.63, 3.8) is 0 Å². The number of hydrogen-bond acceptors (Lipinski definition) is 4. The molecule has 1 aromatic carbocycles. The zero-order valence-electron chi connectivity index (χ0n) is 10.3. The standard InChI is InChI=1S/C6H6O.C4H10O.C3H4O2/c7-6-4-2-1-3-5-6;1-3-5-4-2;4-1-3-2-5-3/h1-5,7H;3-4H2,1-2H3;1,3H,2H2. The second kappa shape index (κ2) is 11.1. The number of rotatable bonds is 3. The van der Waals surface area contributed by atoms with Gasteiger partial charge in [0.25, 0.3) is 0 Å². The summed E-state index contributed by atoms with van der Waals surface area (Å²) in [5.74, 6) is 0.322. The fraction of sp³-hybridized carbons (Fsp3) is 0.462. The molecule has 1 aliphatic heterocycles. The van der Waals surface area contributed by atoms with Crippen LogP contribution < -0.4 is 0 Å². The maximum Gasteiger partial charge on any atom is 0.151 e. The number of ether oxygens (including phenoxy) is 2. The summed E-state index contributed by atoms with van der Waals surface area (Å²) in [6, 6.07) is 8.71. The van der Waals surface area contributed by atoms with Crippen molar-refractivity contribution >= 4 is 6.29 Å². The van der Waals surface area contributed by atoms with Gasteiger partial charge in [-0.2, -0.15) is 0 Å². The van der Waals surface area contributed by atoms with E-state index in [1.54, 1.807) is 24.3 Å². The highest BCUT2D eigenvalue weighted by Gasteiger charge is 2.19. The van der Waals surface area contributed by atoms with Gasteiger partial charge in [-0.05, 0) is 26.0 Å². The molecule has 0 amide bonds. The summed E-state index contributed by atoms with van der Waals surface area (Å²) in [4.78, 5) is 9.44. The quantitative estimate of drug-likeness (QED) is 0.648. The van der Waals surface area contributed by atoms with Crippen molar-refractivity contribution < 1.29 is 19.4 Å². The van der Waals surface area contributed by atoms with Crippen LogP contribution in [0.25, 0.3) is 0 Å². The molecule has 1 unspecified atom stereocenters. The Morgan fingerprint density at radius 2 is 1.88 bits per heavy atom. The van der Waals surface area contributed by atoms with Crippen molar-refractivity contribution in [2.75, 3.05) is 19.8 Å². The van der Waals surface area contributed by atoms with Crippen LogP contribution in [0.3, 0.4) is 0 Å². The highest BCUT2D eigenvalue weighted by molar-refractivity contribution is 5.58. The first-order chi connectivity index (χ1) is 8.24. The Labute approximate surface area is 102 Å². The number of phenolic OH excluding ortho intramolecular Hbond substituents is 1. The van der Waals surface area contributed by atoms with Gasteiger partial charge in [0.2, 0.25) is 0 Å². The summed E-state index contributed by atoms with van der Waals surface area (Å²) >= 11 is 0. The molecule has 0 bridgehead atoms. The summed E-state index contributed by atoms with van der Waals surface area (Å²) < 4.78 is 9.32. The molecule has 1 aromatic rings. The Kier molecular flexibility index (Phi) is 10.2. The van der Waals surface area contributed by atoms with Crippen molar-refractivity contribution in [1.82, 2.24) is 0 Å². The molecular weight excluding hydrogens is 220 g/mol. The third kappa shape index (κ3) is 12.5. The predicted molar refractivity (Wildman–Crippen MR) is 66.1 cm³/mol. The third-order valence-corrected chi connectivity index (χ3v) is 1.68. The molecule has 0 radical (unpaired) electrons. The molecule has 4 nitrogen and oxygen atoms in total. The van der Waals surface area contributed by atoms with Crippen LogP contribution in [0.4, 0.5) is 0 Å². The van der Waals surface area contributed by atoms with Crippen molar-refractivity contribution in [3.8, 4) is 5.75 Å². The molecule has 2 rings (SSSR count). The maximum atomic E-state index is 9.44. The number of para-hydroxylation sites is 1. The van der Waals surface area contributed by atoms with Crippen LogP contribution in [0.1, 0.15) is 13.8 Å². The highest BCUT2D eigenvalue weighted by Crippen LogP contribution is 2.03. The lowest BCUT2D eigenvalue weighted by Crippen LogP contribution is -1.84. The molecule has 1 heterocycles. The number of aromatic hydroxyl groups is 1. The monoisotopic (exact) mass is 240 g/mol. The van der Waals surface area contributed by atoms with E-state index < -0.39 is 0 Å². The molecule has 1 saturated heterocycles. The van der Waals surface area contributed by atoms with E-state index in [1.807, 2.05) is 19.9 Å². The molecule has 1 atom stereocenters. The third-order valence-electron chi connectivity index (χ3n) is 1.68. The zero-order chi connectivity index (χ0) is 12.9. The topological polar surface area (TPSA) is 59.1 Å². The number of epoxide rings is 1. The number of hydrogen-bond donors (Lipinski definition) is 1. The number of aldehydes is 1. The SMILES string of the molecule is CCOCC.O=CC1CO1.Oc1ccccc1. The van der Waals surface area contributed by atoms with Gasteiger partial charge in [-0.1, -0.05) is 18.2 Å². The van der Waals surface area contributed by atoms with Crippen LogP contribution in [0.2, 0.25) is 0 Å². The van der Waals surface area contributed by atoms with E-state index >= 15 is 0 Å². The van der Waals surface area contributed by atoms with E-state index in [1.165, 1.54) is 0 Å². The smallest absolute Gasteiger partial charge is 0.151 e. The summed E-state index contributed by atoms with van der Waals surface area (Å²) in [7, 11) is 0. The van der Waals surface area contributed by atoms with Gasteiger partial charge in [0.15, 0.2) is 6.29 Å². The molecular formula is C13H20O4. The molecule has 1 aliphatic rings. The van der Waals surface area contributed by atoms with Gasteiger partial charge < -0.3 is 19.4 Å². The first-order valence-corrected chi connectivity index (χ1v) is 5.63. The minimum atomic E-state index is -0.0463. The number of benzene rings is 1. The maximum absolute atomic E-state index is 9.44. The van der Waals surface area contributed by atoms with E-state index in [4.69, 9.17) is 9.84 Å². The van der Waals surface area contributed by atoms with Crippen LogP contribution in [0, 0.1) is 0 Å². The van der Waals surface area contributed by atoms with Crippen LogP contribution >= 0.6 is 0 Å². The average Bonchev–Trinajstić information content (AvgIpc) is 3.16. The first kappa shape index (κ1) is 15.6. The van der Waals surface area contributed by atoms with E-state index in [2.05, 4.69) is 4.74 Å². The zero-order valence-corrected chi connectivity index (χ0v) is 10.3. The van der Waals surface area contributed by atoms with Crippen molar-refractivity contribution in [3.05, 3.63) is 30.3 Å². The highest BCUT2D eigenvalue weighted by atomic mass is 16.6. The van der Waals surface area contributed by atoms with Crippen molar-refractivity contribution in [2.45, 2.75) is 20.0 Å². The first-order valence-electron chi connectivity index (χ1n) is 5.63. The summed E-state index contributed by atoms with van der Waals surface area (Å²) in [5.41, 5.74) is 0. The van der Waals surface area contributed by atoms with E-state index in [0.717, 1.165) is 19.5 Å². The molecule has 0 aromatic heterocycles. The molecule has 1 fully saturated rings. The fourth-order valence-corrected chi connectivity index (χ4v) is 0.766. The molecule has 0 saturated carbocycles. The van der Waals surface area contributed by atoms with Crippen molar-refractivity contribution in [1.29, 1.82) is 0 Å². The normalized spacial score (nSPS) is 15.8. The predicted octanol–water partition coefficient (Wildman–Crippen LogP) is 2.02. The van der Waals surface area contributed by atoms with Gasteiger partial charge in [0.05, 0.1) is 6.61 Å². The number of carbonyl (C=O) groups excluding carboxylic acids is 1. The summed E-state index contributed by atoms with van der Waals surface area (Å²) in [6.07, 6.45) is 0.759. The van der Waals surface area contributed by atoms with Gasteiger partial charge in [-0.3, -0.25) is 0 Å². The second-order valence-corrected chi connectivity index (χ2v) is 3.12. The molecule has 0 spiro atoms. The molecule has 1 N–H and O–H groups in total.